The van der Waals surface area contributed by atoms with E-state index >= 15 is 0 Å². The highest BCUT2D eigenvalue weighted by molar-refractivity contribution is 6.31. The third-order valence-electron chi connectivity index (χ3n) is 3.63. The number of rotatable bonds is 2. The lowest BCUT2D eigenvalue weighted by Crippen LogP contribution is -2.27. The lowest BCUT2D eigenvalue weighted by atomic mass is 9.88. The normalized spacial score (nSPS) is 19.1. The van der Waals surface area contributed by atoms with Crippen LogP contribution in [0.15, 0.2) is 42.5 Å². The van der Waals surface area contributed by atoms with Gasteiger partial charge in [0, 0.05) is 16.5 Å². The van der Waals surface area contributed by atoms with Crippen molar-refractivity contribution < 1.29 is 14.2 Å². The van der Waals surface area contributed by atoms with Crippen molar-refractivity contribution in [2.24, 2.45) is 5.92 Å². The van der Waals surface area contributed by atoms with Crippen LogP contribution in [0.2, 0.25) is 5.02 Å². The molecule has 20 heavy (non-hydrogen) atoms. The fourth-order valence-electron chi connectivity index (χ4n) is 2.55. The number of ether oxygens (including phenoxy) is 1. The van der Waals surface area contributed by atoms with Crippen molar-refractivity contribution in [1.29, 1.82) is 0 Å². The van der Waals surface area contributed by atoms with Crippen LogP contribution in [0.1, 0.15) is 17.2 Å². The second kappa shape index (κ2) is 5.43. The molecule has 2 atom stereocenters. The Kier molecular flexibility index (Phi) is 3.64. The van der Waals surface area contributed by atoms with Crippen LogP contribution in [0.3, 0.4) is 0 Å². The van der Waals surface area contributed by atoms with Gasteiger partial charge >= 0.3 is 0 Å². The van der Waals surface area contributed by atoms with E-state index in [1.54, 1.807) is 0 Å². The fourth-order valence-corrected chi connectivity index (χ4v) is 2.78. The smallest absolute Gasteiger partial charge is 0.123 e. The number of aliphatic hydroxyl groups is 1. The third kappa shape index (κ3) is 2.51. The molecule has 0 aromatic heterocycles. The van der Waals surface area contributed by atoms with Gasteiger partial charge in [-0.25, -0.2) is 4.39 Å². The van der Waals surface area contributed by atoms with E-state index in [-0.39, 0.29) is 5.92 Å². The first-order valence-corrected chi connectivity index (χ1v) is 6.86. The topological polar surface area (TPSA) is 29.5 Å². The maximum absolute atomic E-state index is 13.3. The van der Waals surface area contributed by atoms with Gasteiger partial charge in [0.2, 0.25) is 0 Å². The van der Waals surface area contributed by atoms with Crippen molar-refractivity contribution in [3.05, 3.63) is 64.4 Å². The monoisotopic (exact) mass is 292 g/mol. The van der Waals surface area contributed by atoms with E-state index in [9.17, 15) is 9.50 Å². The Bertz CT molecular complexity index is 630. The van der Waals surface area contributed by atoms with E-state index in [1.165, 1.54) is 18.2 Å². The Morgan fingerprint density at radius 1 is 1.25 bits per heavy atom. The van der Waals surface area contributed by atoms with Crippen LogP contribution >= 0.6 is 11.6 Å². The number of halogens is 2. The first kappa shape index (κ1) is 13.4. The second-order valence-electron chi connectivity index (χ2n) is 4.99. The molecule has 0 saturated heterocycles. The molecule has 1 heterocycles. The van der Waals surface area contributed by atoms with Crippen LogP contribution < -0.4 is 4.74 Å². The molecule has 0 spiro atoms. The zero-order valence-corrected chi connectivity index (χ0v) is 11.5. The maximum Gasteiger partial charge on any atom is 0.123 e. The highest BCUT2D eigenvalue weighted by Crippen LogP contribution is 2.35. The average molecular weight is 293 g/mol. The van der Waals surface area contributed by atoms with E-state index in [1.807, 2.05) is 24.3 Å². The van der Waals surface area contributed by atoms with E-state index in [4.69, 9.17) is 16.3 Å². The minimum atomic E-state index is -0.841. The average Bonchev–Trinajstić information content (AvgIpc) is 2.48. The molecule has 0 bridgehead atoms. The molecule has 2 aromatic rings. The predicted octanol–water partition coefficient (Wildman–Crippen LogP) is 3.76. The van der Waals surface area contributed by atoms with Crippen molar-refractivity contribution in [3.8, 4) is 5.75 Å². The third-order valence-corrected chi connectivity index (χ3v) is 3.98. The zero-order chi connectivity index (χ0) is 14.1. The van der Waals surface area contributed by atoms with Gasteiger partial charge in [0.1, 0.15) is 11.6 Å². The van der Waals surface area contributed by atoms with E-state index < -0.39 is 11.9 Å². The summed E-state index contributed by atoms with van der Waals surface area (Å²) in [5.74, 6) is 0.311. The molecule has 0 amide bonds. The van der Waals surface area contributed by atoms with Gasteiger partial charge in [-0.1, -0.05) is 29.8 Å². The summed E-state index contributed by atoms with van der Waals surface area (Å²) in [4.78, 5) is 0. The van der Waals surface area contributed by atoms with Crippen LogP contribution in [-0.2, 0) is 6.42 Å². The van der Waals surface area contributed by atoms with Gasteiger partial charge in [-0.3, -0.25) is 0 Å². The molecule has 0 radical (unpaired) electrons. The lowest BCUT2D eigenvalue weighted by Gasteiger charge is -2.29. The van der Waals surface area contributed by atoms with Crippen molar-refractivity contribution >= 4 is 11.6 Å². The number of hydrogen-bond donors (Lipinski definition) is 1. The molecule has 0 aliphatic carbocycles. The van der Waals surface area contributed by atoms with Crippen LogP contribution in [0.4, 0.5) is 4.39 Å². The molecule has 2 nitrogen and oxygen atoms in total. The molecule has 0 saturated carbocycles. The van der Waals surface area contributed by atoms with Crippen LogP contribution in [0.25, 0.3) is 0 Å². The van der Waals surface area contributed by atoms with E-state index in [0.717, 1.165) is 11.3 Å². The minimum absolute atomic E-state index is 0.135. The maximum atomic E-state index is 13.3. The summed E-state index contributed by atoms with van der Waals surface area (Å²) in [6.45, 7) is 0.394. The summed E-state index contributed by atoms with van der Waals surface area (Å²) >= 11 is 6.04. The first-order chi connectivity index (χ1) is 9.65. The number of benzene rings is 2. The zero-order valence-electron chi connectivity index (χ0n) is 10.7. The van der Waals surface area contributed by atoms with Crippen molar-refractivity contribution in [1.82, 2.24) is 0 Å². The Labute approximate surface area is 121 Å². The SMILES string of the molecule is OC(c1cc(F)ccc1Cl)C1COc2ccccc2C1. The lowest BCUT2D eigenvalue weighted by molar-refractivity contribution is 0.0643. The predicted molar refractivity (Wildman–Crippen MR) is 75.5 cm³/mol. The molecule has 2 unspecified atom stereocenters. The second-order valence-corrected chi connectivity index (χ2v) is 5.40. The molecule has 0 fully saturated rings. The number of hydrogen-bond acceptors (Lipinski definition) is 2. The summed E-state index contributed by atoms with van der Waals surface area (Å²) < 4.78 is 19.0. The van der Waals surface area contributed by atoms with Gasteiger partial charge < -0.3 is 9.84 Å². The molecule has 3 rings (SSSR count). The molecular weight excluding hydrogens is 279 g/mol. The highest BCUT2D eigenvalue weighted by Gasteiger charge is 2.28. The summed E-state index contributed by atoms with van der Waals surface area (Å²) in [6, 6.07) is 11.8. The van der Waals surface area contributed by atoms with Gasteiger partial charge in [-0.05, 0) is 36.2 Å². The standard InChI is InChI=1S/C16H14ClFO2/c17-14-6-5-12(18)8-13(14)16(19)11-7-10-3-1-2-4-15(10)20-9-11/h1-6,8,11,16,19H,7,9H2. The molecule has 104 valence electrons. The van der Waals surface area contributed by atoms with Crippen LogP contribution in [-0.4, -0.2) is 11.7 Å². The largest absolute Gasteiger partial charge is 0.493 e. The van der Waals surface area contributed by atoms with Gasteiger partial charge in [0.15, 0.2) is 0 Å². The number of para-hydroxylation sites is 1. The number of aliphatic hydroxyl groups excluding tert-OH is 1. The summed E-state index contributed by atoms with van der Waals surface area (Å²) in [5, 5.41) is 10.8. The molecule has 1 aliphatic rings. The summed E-state index contributed by atoms with van der Waals surface area (Å²) in [7, 11) is 0. The van der Waals surface area contributed by atoms with Crippen LogP contribution in [0, 0.1) is 11.7 Å². The van der Waals surface area contributed by atoms with Crippen molar-refractivity contribution in [2.45, 2.75) is 12.5 Å². The Morgan fingerprint density at radius 2 is 2.05 bits per heavy atom. The Hall–Kier alpha value is -1.58. The van der Waals surface area contributed by atoms with Crippen molar-refractivity contribution in [2.75, 3.05) is 6.61 Å². The number of fused-ring (bicyclic) bond motifs is 1. The quantitative estimate of drug-likeness (QED) is 0.913. The first-order valence-electron chi connectivity index (χ1n) is 6.49. The highest BCUT2D eigenvalue weighted by atomic mass is 35.5. The summed E-state index contributed by atoms with van der Waals surface area (Å²) in [5.41, 5.74) is 1.47. The molecule has 2 aromatic carbocycles. The minimum Gasteiger partial charge on any atom is -0.493 e. The fraction of sp³-hybridized carbons (Fsp3) is 0.250. The van der Waals surface area contributed by atoms with Gasteiger partial charge in [0.25, 0.3) is 0 Å². The molecular formula is C16H14ClFO2. The van der Waals surface area contributed by atoms with Crippen molar-refractivity contribution in [3.63, 3.8) is 0 Å². The molecule has 1 N–H and O–H groups in total. The molecule has 4 heteroatoms. The molecule has 1 aliphatic heterocycles. The Balaban J connectivity index is 1.85. The van der Waals surface area contributed by atoms with Gasteiger partial charge in [-0.15, -0.1) is 0 Å². The van der Waals surface area contributed by atoms with E-state index in [2.05, 4.69) is 0 Å². The van der Waals surface area contributed by atoms with Gasteiger partial charge in [0.05, 0.1) is 12.7 Å². The summed E-state index contributed by atoms with van der Waals surface area (Å²) in [6.07, 6.45) is -0.156. The Morgan fingerprint density at radius 3 is 2.90 bits per heavy atom. The van der Waals surface area contributed by atoms with Gasteiger partial charge in [-0.2, -0.15) is 0 Å². The van der Waals surface area contributed by atoms with Crippen LogP contribution in [0.5, 0.6) is 5.75 Å². The van der Waals surface area contributed by atoms with E-state index in [0.29, 0.717) is 23.6 Å².